The van der Waals surface area contributed by atoms with Crippen molar-refractivity contribution < 1.29 is 19.1 Å². The standard InChI is InChI=1S/C28H24N4O4/c1-13-7-3-5-9-17(13)35-19-11-15(29)21-23(25(19)31)28(34)24-22(27(21)33)16(30)12-20(26(24)32)36-18-10-6-4-8-14(18)2/h3-12H,29-32H2,1-2H3. The average Bonchev–Trinajstić information content (AvgIpc) is 2.84. The molecule has 0 radical (unpaired) electrons. The predicted molar refractivity (Wildman–Crippen MR) is 140 cm³/mol. The first-order valence-corrected chi connectivity index (χ1v) is 11.2. The molecule has 0 saturated carbocycles. The van der Waals surface area contributed by atoms with E-state index in [0.29, 0.717) is 11.5 Å². The van der Waals surface area contributed by atoms with Crippen LogP contribution in [0.1, 0.15) is 43.0 Å². The van der Waals surface area contributed by atoms with Gasteiger partial charge in [0.25, 0.3) is 0 Å². The van der Waals surface area contributed by atoms with Gasteiger partial charge in [-0.05, 0) is 37.1 Å². The van der Waals surface area contributed by atoms with Crippen LogP contribution in [0.4, 0.5) is 22.7 Å². The van der Waals surface area contributed by atoms with Gasteiger partial charge in [-0.2, -0.15) is 0 Å². The number of carbonyl (C=O) groups is 2. The van der Waals surface area contributed by atoms with Crippen molar-refractivity contribution in [2.75, 3.05) is 22.9 Å². The van der Waals surface area contributed by atoms with Crippen molar-refractivity contribution in [3.05, 3.63) is 94.0 Å². The number of rotatable bonds is 4. The number of nitrogen functional groups attached to an aromatic ring is 4. The van der Waals surface area contributed by atoms with E-state index in [4.69, 9.17) is 32.4 Å². The smallest absolute Gasteiger partial charge is 0.199 e. The van der Waals surface area contributed by atoms with Crippen LogP contribution in [0.2, 0.25) is 0 Å². The number of hydrogen-bond acceptors (Lipinski definition) is 8. The number of hydrogen-bond donors (Lipinski definition) is 4. The van der Waals surface area contributed by atoms with Gasteiger partial charge in [0.2, 0.25) is 0 Å². The van der Waals surface area contributed by atoms with Crippen molar-refractivity contribution in [3.63, 3.8) is 0 Å². The zero-order valence-corrected chi connectivity index (χ0v) is 19.7. The summed E-state index contributed by atoms with van der Waals surface area (Å²) in [5, 5.41) is 0. The summed E-state index contributed by atoms with van der Waals surface area (Å²) in [7, 11) is 0. The maximum Gasteiger partial charge on any atom is 0.199 e. The first kappa shape index (κ1) is 22.8. The minimum atomic E-state index is -0.585. The van der Waals surface area contributed by atoms with E-state index in [9.17, 15) is 9.59 Å². The Labute approximate surface area is 207 Å². The molecule has 5 rings (SSSR count). The van der Waals surface area contributed by atoms with Crippen LogP contribution in [0.25, 0.3) is 0 Å². The molecule has 0 atom stereocenters. The third kappa shape index (κ3) is 3.47. The fraction of sp³-hybridized carbons (Fsp3) is 0.0714. The zero-order valence-electron chi connectivity index (χ0n) is 19.7. The molecule has 0 heterocycles. The molecule has 4 aromatic rings. The molecule has 0 unspecified atom stereocenters. The van der Waals surface area contributed by atoms with Crippen LogP contribution < -0.4 is 32.4 Å². The van der Waals surface area contributed by atoms with Crippen LogP contribution in [-0.2, 0) is 0 Å². The summed E-state index contributed by atoms with van der Waals surface area (Å²) in [6.45, 7) is 3.75. The fourth-order valence-corrected chi connectivity index (χ4v) is 4.35. The van der Waals surface area contributed by atoms with Gasteiger partial charge in [-0.15, -0.1) is 0 Å². The van der Waals surface area contributed by atoms with Gasteiger partial charge in [-0.1, -0.05) is 36.4 Å². The molecule has 1 aliphatic rings. The van der Waals surface area contributed by atoms with E-state index in [1.54, 1.807) is 12.1 Å². The molecule has 0 aromatic heterocycles. The van der Waals surface area contributed by atoms with Crippen LogP contribution in [0.15, 0.2) is 60.7 Å². The molecule has 0 aliphatic heterocycles. The third-order valence-electron chi connectivity index (χ3n) is 6.26. The van der Waals surface area contributed by atoms with Gasteiger partial charge in [0.15, 0.2) is 23.1 Å². The van der Waals surface area contributed by atoms with Crippen LogP contribution in [-0.4, -0.2) is 11.6 Å². The Hall–Kier alpha value is -4.98. The molecular formula is C28H24N4O4. The summed E-state index contributed by atoms with van der Waals surface area (Å²) < 4.78 is 12.0. The van der Waals surface area contributed by atoms with E-state index in [-0.39, 0.29) is 56.5 Å². The Morgan fingerprint density at radius 3 is 1.28 bits per heavy atom. The quantitative estimate of drug-likeness (QED) is 0.262. The number of nitrogens with two attached hydrogens (primary N) is 4. The molecule has 0 amide bonds. The molecule has 1 aliphatic carbocycles. The minimum absolute atomic E-state index is 0.0188. The second-order valence-electron chi connectivity index (χ2n) is 8.65. The summed E-state index contributed by atoms with van der Waals surface area (Å²) in [5.74, 6) is 0.261. The summed E-state index contributed by atoms with van der Waals surface area (Å²) in [6, 6.07) is 17.5. The molecule has 36 heavy (non-hydrogen) atoms. The van der Waals surface area contributed by atoms with E-state index in [1.807, 2.05) is 50.2 Å². The van der Waals surface area contributed by atoms with Crippen LogP contribution >= 0.6 is 0 Å². The van der Waals surface area contributed by atoms with Crippen molar-refractivity contribution in [1.29, 1.82) is 0 Å². The van der Waals surface area contributed by atoms with E-state index in [1.165, 1.54) is 12.1 Å². The maximum absolute atomic E-state index is 13.8. The van der Waals surface area contributed by atoms with Gasteiger partial charge in [0.1, 0.15) is 11.5 Å². The number of fused-ring (bicyclic) bond motifs is 2. The molecule has 180 valence electrons. The first-order chi connectivity index (χ1) is 17.2. The summed E-state index contributed by atoms with van der Waals surface area (Å²) in [5.41, 5.74) is 26.8. The number of anilines is 4. The summed E-state index contributed by atoms with van der Waals surface area (Å²) in [6.07, 6.45) is 0. The number of ketones is 2. The number of ether oxygens (including phenoxy) is 2. The van der Waals surface area contributed by atoms with Gasteiger partial charge >= 0.3 is 0 Å². The third-order valence-corrected chi connectivity index (χ3v) is 6.26. The van der Waals surface area contributed by atoms with E-state index >= 15 is 0 Å². The Kier molecular flexibility index (Phi) is 5.29. The second kappa shape index (κ2) is 8.35. The number of para-hydroxylation sites is 2. The Balaban J connectivity index is 1.66. The van der Waals surface area contributed by atoms with Gasteiger partial charge in [-0.25, -0.2) is 0 Å². The Morgan fingerprint density at radius 1 is 0.528 bits per heavy atom. The molecule has 8 heteroatoms. The Morgan fingerprint density at radius 2 is 0.889 bits per heavy atom. The van der Waals surface area contributed by atoms with Crippen molar-refractivity contribution in [2.24, 2.45) is 0 Å². The average molecular weight is 481 g/mol. The van der Waals surface area contributed by atoms with Crippen molar-refractivity contribution >= 4 is 34.3 Å². The predicted octanol–water partition coefficient (Wildman–Crippen LogP) is 4.99. The number of aryl methyl sites for hydroxylation is 2. The highest BCUT2D eigenvalue weighted by atomic mass is 16.5. The lowest BCUT2D eigenvalue weighted by Crippen LogP contribution is -2.26. The highest BCUT2D eigenvalue weighted by Crippen LogP contribution is 2.46. The largest absolute Gasteiger partial charge is 0.455 e. The molecule has 0 saturated heterocycles. The van der Waals surface area contributed by atoms with Gasteiger partial charge in [0, 0.05) is 23.5 Å². The SMILES string of the molecule is Cc1ccccc1Oc1cc(N)c2c(c1N)C(=O)c1c(N)c(Oc3ccccc3C)cc(N)c1C2=O. The molecule has 0 spiro atoms. The first-order valence-electron chi connectivity index (χ1n) is 11.2. The van der Waals surface area contributed by atoms with E-state index in [2.05, 4.69) is 0 Å². The summed E-state index contributed by atoms with van der Waals surface area (Å²) >= 11 is 0. The maximum atomic E-state index is 13.8. The topological polar surface area (TPSA) is 157 Å². The molecule has 8 N–H and O–H groups in total. The van der Waals surface area contributed by atoms with Crippen LogP contribution in [0.5, 0.6) is 23.0 Å². The fourth-order valence-electron chi connectivity index (χ4n) is 4.35. The van der Waals surface area contributed by atoms with E-state index in [0.717, 1.165) is 11.1 Å². The normalized spacial score (nSPS) is 12.2. The van der Waals surface area contributed by atoms with Gasteiger partial charge in [0.05, 0.1) is 33.6 Å². The van der Waals surface area contributed by atoms with Crippen LogP contribution in [0, 0.1) is 13.8 Å². The molecule has 0 bridgehead atoms. The lowest BCUT2D eigenvalue weighted by Gasteiger charge is -2.25. The van der Waals surface area contributed by atoms with E-state index < -0.39 is 11.6 Å². The zero-order chi connectivity index (χ0) is 25.7. The Bertz CT molecular complexity index is 1480. The number of carbonyl (C=O) groups excluding carboxylic acids is 2. The molecular weight excluding hydrogens is 456 g/mol. The van der Waals surface area contributed by atoms with Crippen molar-refractivity contribution in [2.45, 2.75) is 13.8 Å². The lowest BCUT2D eigenvalue weighted by molar-refractivity contribution is 0.0981. The second-order valence-corrected chi connectivity index (χ2v) is 8.65. The monoisotopic (exact) mass is 480 g/mol. The molecule has 8 nitrogen and oxygen atoms in total. The molecule has 0 fully saturated rings. The lowest BCUT2D eigenvalue weighted by atomic mass is 9.80. The minimum Gasteiger partial charge on any atom is -0.455 e. The highest BCUT2D eigenvalue weighted by Gasteiger charge is 2.38. The van der Waals surface area contributed by atoms with Gasteiger partial charge < -0.3 is 32.4 Å². The molecule has 4 aromatic carbocycles. The van der Waals surface area contributed by atoms with Crippen LogP contribution in [0.3, 0.4) is 0 Å². The highest BCUT2D eigenvalue weighted by molar-refractivity contribution is 6.35. The summed E-state index contributed by atoms with van der Waals surface area (Å²) in [4.78, 5) is 27.4. The van der Waals surface area contributed by atoms with Crippen molar-refractivity contribution in [3.8, 4) is 23.0 Å². The van der Waals surface area contributed by atoms with Crippen molar-refractivity contribution in [1.82, 2.24) is 0 Å². The number of benzene rings is 4. The van der Waals surface area contributed by atoms with Gasteiger partial charge in [-0.3, -0.25) is 9.59 Å².